The summed E-state index contributed by atoms with van der Waals surface area (Å²) in [6.45, 7) is 2.79. The molecule has 1 atom stereocenters. The van der Waals surface area contributed by atoms with E-state index >= 15 is 0 Å². The van der Waals surface area contributed by atoms with Crippen LogP contribution in [-0.4, -0.2) is 41.1 Å². The fourth-order valence-corrected chi connectivity index (χ4v) is 3.81. The minimum atomic E-state index is -0.638. The van der Waals surface area contributed by atoms with Crippen molar-refractivity contribution in [1.29, 1.82) is 0 Å². The van der Waals surface area contributed by atoms with Gasteiger partial charge in [-0.25, -0.2) is 4.98 Å². The highest BCUT2D eigenvalue weighted by atomic mass is 16.5. The minimum absolute atomic E-state index is 0.107. The topological polar surface area (TPSA) is 73.7 Å². The molecule has 3 aromatic rings. The van der Waals surface area contributed by atoms with Crippen LogP contribution in [0, 0.1) is 0 Å². The third kappa shape index (κ3) is 3.33. The second-order valence-electron chi connectivity index (χ2n) is 7.14. The number of nitrogens with zero attached hydrogens (tertiary/aromatic N) is 3. The number of carbonyl (C=O) groups excluding carboxylic acids is 1. The number of methoxy groups -OCH3 is 2. The monoisotopic (exact) mass is 393 g/mol. The highest BCUT2D eigenvalue weighted by Gasteiger charge is 2.27. The van der Waals surface area contributed by atoms with Crippen LogP contribution in [0.2, 0.25) is 0 Å². The molecule has 0 saturated heterocycles. The van der Waals surface area contributed by atoms with Gasteiger partial charge >= 0.3 is 0 Å². The Labute approximate surface area is 168 Å². The maximum Gasteiger partial charge on any atom is 0.261 e. The average Bonchev–Trinajstić information content (AvgIpc) is 2.77. The maximum atomic E-state index is 13.2. The van der Waals surface area contributed by atoms with Gasteiger partial charge in [-0.15, -0.1) is 0 Å². The molecule has 0 aliphatic carbocycles. The van der Waals surface area contributed by atoms with Crippen molar-refractivity contribution in [3.05, 3.63) is 64.2 Å². The molecular weight excluding hydrogens is 370 g/mol. The summed E-state index contributed by atoms with van der Waals surface area (Å²) in [5, 5.41) is 0.510. The number of hydrogen-bond donors (Lipinski definition) is 0. The van der Waals surface area contributed by atoms with Crippen molar-refractivity contribution in [1.82, 2.24) is 14.5 Å². The van der Waals surface area contributed by atoms with Gasteiger partial charge < -0.3 is 14.4 Å². The third-order valence-electron chi connectivity index (χ3n) is 5.49. The van der Waals surface area contributed by atoms with Gasteiger partial charge in [0.2, 0.25) is 5.91 Å². The summed E-state index contributed by atoms with van der Waals surface area (Å²) < 4.78 is 12.2. The zero-order chi connectivity index (χ0) is 20.5. The van der Waals surface area contributed by atoms with Crippen LogP contribution in [0.1, 0.15) is 24.1 Å². The van der Waals surface area contributed by atoms with Gasteiger partial charge in [-0.1, -0.05) is 12.1 Å². The van der Waals surface area contributed by atoms with Crippen LogP contribution in [0.4, 0.5) is 0 Å². The number of para-hydroxylation sites is 1. The Hall–Kier alpha value is -3.35. The van der Waals surface area contributed by atoms with E-state index in [2.05, 4.69) is 4.98 Å². The Balaban J connectivity index is 1.61. The van der Waals surface area contributed by atoms with Gasteiger partial charge in [0.05, 0.1) is 31.4 Å². The van der Waals surface area contributed by atoms with Crippen LogP contribution in [0.3, 0.4) is 0 Å². The molecule has 1 aliphatic heterocycles. The SMILES string of the molecule is COc1cc2c(cc1OC)CN(C(=O)[C@@H](C)n1cnc3ccccc3c1=O)CC2. The van der Waals surface area contributed by atoms with Gasteiger partial charge in [-0.3, -0.25) is 14.2 Å². The Morgan fingerprint density at radius 1 is 1.10 bits per heavy atom. The largest absolute Gasteiger partial charge is 0.493 e. The van der Waals surface area contributed by atoms with Crippen molar-refractivity contribution >= 4 is 16.8 Å². The average molecular weight is 393 g/mol. The van der Waals surface area contributed by atoms with Crippen LogP contribution in [-0.2, 0) is 17.8 Å². The lowest BCUT2D eigenvalue weighted by Gasteiger charge is -2.32. The van der Waals surface area contributed by atoms with E-state index in [-0.39, 0.29) is 11.5 Å². The molecule has 1 aromatic heterocycles. The Kier molecular flexibility index (Phi) is 4.96. The van der Waals surface area contributed by atoms with Crippen molar-refractivity contribution in [3.63, 3.8) is 0 Å². The fourth-order valence-electron chi connectivity index (χ4n) is 3.81. The summed E-state index contributed by atoms with van der Waals surface area (Å²) in [6.07, 6.45) is 2.18. The zero-order valence-electron chi connectivity index (χ0n) is 16.7. The number of carbonyl (C=O) groups is 1. The predicted octanol–water partition coefficient (Wildman–Crippen LogP) is 2.56. The van der Waals surface area contributed by atoms with Gasteiger partial charge in [-0.2, -0.15) is 0 Å². The minimum Gasteiger partial charge on any atom is -0.493 e. The summed E-state index contributed by atoms with van der Waals surface area (Å²) >= 11 is 0. The summed E-state index contributed by atoms with van der Waals surface area (Å²) in [7, 11) is 3.21. The predicted molar refractivity (Wildman–Crippen MR) is 109 cm³/mol. The van der Waals surface area contributed by atoms with E-state index < -0.39 is 6.04 Å². The number of ether oxygens (including phenoxy) is 2. The van der Waals surface area contributed by atoms with Crippen molar-refractivity contribution < 1.29 is 14.3 Å². The zero-order valence-corrected chi connectivity index (χ0v) is 16.7. The number of fused-ring (bicyclic) bond motifs is 2. The van der Waals surface area contributed by atoms with Crippen LogP contribution in [0.15, 0.2) is 47.5 Å². The van der Waals surface area contributed by atoms with E-state index in [0.29, 0.717) is 35.5 Å². The second kappa shape index (κ2) is 7.58. The molecule has 7 heteroatoms. The first-order chi connectivity index (χ1) is 14.0. The first-order valence-electron chi connectivity index (χ1n) is 9.52. The number of rotatable bonds is 4. The Morgan fingerprint density at radius 2 is 1.79 bits per heavy atom. The molecule has 1 aliphatic rings. The fraction of sp³-hybridized carbons (Fsp3) is 0.318. The molecule has 0 saturated carbocycles. The van der Waals surface area contributed by atoms with Crippen molar-refractivity contribution in [2.45, 2.75) is 25.9 Å². The molecular formula is C22H23N3O4. The smallest absolute Gasteiger partial charge is 0.261 e. The van der Waals surface area contributed by atoms with Gasteiger partial charge in [-0.05, 0) is 48.7 Å². The van der Waals surface area contributed by atoms with Crippen LogP contribution in [0.25, 0.3) is 10.9 Å². The lowest BCUT2D eigenvalue weighted by Crippen LogP contribution is -2.42. The summed E-state index contributed by atoms with van der Waals surface area (Å²) in [4.78, 5) is 32.1. The molecule has 1 amide bonds. The molecule has 0 radical (unpaired) electrons. The highest BCUT2D eigenvalue weighted by molar-refractivity contribution is 5.82. The first kappa shape index (κ1) is 19.0. The number of aromatic nitrogens is 2. The Morgan fingerprint density at radius 3 is 2.52 bits per heavy atom. The molecule has 2 heterocycles. The van der Waals surface area contributed by atoms with E-state index in [1.807, 2.05) is 18.2 Å². The first-order valence-corrected chi connectivity index (χ1v) is 9.52. The van der Waals surface area contributed by atoms with E-state index in [0.717, 1.165) is 17.5 Å². The standard InChI is InChI=1S/C22H23N3O4/c1-14(25-13-23-18-7-5-4-6-17(18)22(25)27)21(26)24-9-8-15-10-19(28-2)20(29-3)11-16(15)12-24/h4-7,10-11,13-14H,8-9,12H2,1-3H3/t14-/m1/s1. The van der Waals surface area contributed by atoms with Gasteiger partial charge in [0, 0.05) is 13.1 Å². The Bertz CT molecular complexity index is 1140. The molecule has 0 spiro atoms. The molecule has 0 N–H and O–H groups in total. The van der Waals surface area contributed by atoms with Crippen molar-refractivity contribution in [2.75, 3.05) is 20.8 Å². The van der Waals surface area contributed by atoms with E-state index in [1.54, 1.807) is 44.2 Å². The van der Waals surface area contributed by atoms with Crippen LogP contribution < -0.4 is 15.0 Å². The summed E-state index contributed by atoms with van der Waals surface area (Å²) in [6, 6.07) is 10.4. The summed E-state index contributed by atoms with van der Waals surface area (Å²) in [5.74, 6) is 1.22. The maximum absolute atomic E-state index is 13.2. The molecule has 7 nitrogen and oxygen atoms in total. The molecule has 4 rings (SSSR count). The van der Waals surface area contributed by atoms with Crippen LogP contribution >= 0.6 is 0 Å². The summed E-state index contributed by atoms with van der Waals surface area (Å²) in [5.41, 5.74) is 2.59. The number of benzene rings is 2. The van der Waals surface area contributed by atoms with Crippen LogP contribution in [0.5, 0.6) is 11.5 Å². The second-order valence-corrected chi connectivity index (χ2v) is 7.14. The van der Waals surface area contributed by atoms with Crippen molar-refractivity contribution in [3.8, 4) is 11.5 Å². The van der Waals surface area contributed by atoms with Gasteiger partial charge in [0.1, 0.15) is 6.04 Å². The number of amides is 1. The van der Waals surface area contributed by atoms with E-state index in [9.17, 15) is 9.59 Å². The lowest BCUT2D eigenvalue weighted by molar-refractivity contribution is -0.135. The highest BCUT2D eigenvalue weighted by Crippen LogP contribution is 2.33. The molecule has 2 aromatic carbocycles. The molecule has 150 valence electrons. The molecule has 0 unspecified atom stereocenters. The molecule has 0 fully saturated rings. The normalized spacial score (nSPS) is 14.4. The number of hydrogen-bond acceptors (Lipinski definition) is 5. The van der Waals surface area contributed by atoms with Gasteiger partial charge in [0.25, 0.3) is 5.56 Å². The van der Waals surface area contributed by atoms with Gasteiger partial charge in [0.15, 0.2) is 11.5 Å². The van der Waals surface area contributed by atoms with E-state index in [4.69, 9.17) is 9.47 Å². The lowest BCUT2D eigenvalue weighted by atomic mass is 9.98. The van der Waals surface area contributed by atoms with E-state index in [1.165, 1.54) is 10.9 Å². The molecule has 0 bridgehead atoms. The quantitative estimate of drug-likeness (QED) is 0.681. The van der Waals surface area contributed by atoms with Crippen molar-refractivity contribution in [2.24, 2.45) is 0 Å². The molecule has 29 heavy (non-hydrogen) atoms. The third-order valence-corrected chi connectivity index (χ3v) is 5.49.